The molecule has 0 heterocycles. The number of hydrogen-bond acceptors (Lipinski definition) is 4. The molecule has 0 saturated heterocycles. The van der Waals surface area contributed by atoms with Gasteiger partial charge < -0.3 is 0 Å². The van der Waals surface area contributed by atoms with Crippen LogP contribution in [0, 0.1) is 0 Å². The summed E-state index contributed by atoms with van der Waals surface area (Å²) in [4.78, 5) is 0. The second-order valence-corrected chi connectivity index (χ2v) is 13.9. The monoisotopic (exact) mass is 444 g/mol. The SMILES string of the molecule is CCCCP(OP(=O)(OC)OC)(c1ccccc1)(c1ccccc1)c1ccccc1. The van der Waals surface area contributed by atoms with E-state index in [1.165, 1.54) is 14.2 Å². The van der Waals surface area contributed by atoms with E-state index < -0.39 is 14.7 Å². The average Bonchev–Trinajstić information content (AvgIpc) is 2.83. The van der Waals surface area contributed by atoms with Gasteiger partial charge in [-0.15, -0.1) is 0 Å². The zero-order chi connectivity index (χ0) is 21.5. The van der Waals surface area contributed by atoms with Crippen molar-refractivity contribution in [3.63, 3.8) is 0 Å². The second-order valence-electron chi connectivity index (χ2n) is 7.19. The molecule has 4 nitrogen and oxygen atoms in total. The zero-order valence-electron chi connectivity index (χ0n) is 17.8. The predicted molar refractivity (Wildman–Crippen MR) is 128 cm³/mol. The van der Waals surface area contributed by atoms with Crippen molar-refractivity contribution in [2.45, 2.75) is 19.8 Å². The summed E-state index contributed by atoms with van der Waals surface area (Å²) < 4.78 is 31.1. The molecule has 3 aromatic rings. The Morgan fingerprint density at radius 2 is 1.07 bits per heavy atom. The molecular weight excluding hydrogens is 414 g/mol. The van der Waals surface area contributed by atoms with Crippen LogP contribution in [0.15, 0.2) is 91.0 Å². The Labute approximate surface area is 179 Å². The molecule has 3 aromatic carbocycles. The van der Waals surface area contributed by atoms with Gasteiger partial charge in [0.05, 0.1) is 0 Å². The number of benzene rings is 3. The molecular formula is C24H30O4P2. The molecule has 0 spiro atoms. The Morgan fingerprint density at radius 3 is 1.37 bits per heavy atom. The summed E-state index contributed by atoms with van der Waals surface area (Å²) in [5, 5.41) is 3.01. The first-order valence-electron chi connectivity index (χ1n) is 10.2. The number of hydrogen-bond donors (Lipinski definition) is 0. The number of phosphoric ester groups is 1. The van der Waals surface area contributed by atoms with E-state index in [9.17, 15) is 4.57 Å². The molecule has 0 atom stereocenters. The van der Waals surface area contributed by atoms with Crippen molar-refractivity contribution in [1.29, 1.82) is 0 Å². The second kappa shape index (κ2) is 9.56. The van der Waals surface area contributed by atoms with Gasteiger partial charge in [0, 0.05) is 0 Å². The summed E-state index contributed by atoms with van der Waals surface area (Å²) in [6.07, 6.45) is 2.55. The molecule has 0 aliphatic heterocycles. The van der Waals surface area contributed by atoms with Crippen LogP contribution in [0.2, 0.25) is 0 Å². The predicted octanol–water partition coefficient (Wildman–Crippen LogP) is 5.65. The van der Waals surface area contributed by atoms with Crippen LogP contribution in [-0.4, -0.2) is 20.4 Å². The summed E-state index contributed by atoms with van der Waals surface area (Å²) in [5.74, 6) is 0. The topological polar surface area (TPSA) is 44.8 Å². The molecule has 160 valence electrons. The quantitative estimate of drug-likeness (QED) is 0.379. The van der Waals surface area contributed by atoms with Crippen LogP contribution >= 0.6 is 14.7 Å². The van der Waals surface area contributed by atoms with E-state index in [1.54, 1.807) is 0 Å². The molecule has 0 aliphatic rings. The van der Waals surface area contributed by atoms with Crippen LogP contribution < -0.4 is 15.9 Å². The van der Waals surface area contributed by atoms with Crippen molar-refractivity contribution in [1.82, 2.24) is 0 Å². The molecule has 0 aromatic heterocycles. The number of rotatable bonds is 10. The minimum absolute atomic E-state index is 0.691. The average molecular weight is 444 g/mol. The van der Waals surface area contributed by atoms with E-state index in [2.05, 4.69) is 43.3 Å². The Hall–Kier alpha value is -1.80. The molecule has 0 amide bonds. The van der Waals surface area contributed by atoms with Crippen molar-refractivity contribution >= 4 is 30.6 Å². The molecule has 0 bridgehead atoms. The maximum atomic E-state index is 13.6. The van der Waals surface area contributed by atoms with Crippen molar-refractivity contribution in [3.8, 4) is 0 Å². The summed E-state index contributed by atoms with van der Waals surface area (Å²) in [6, 6.07) is 30.4. The maximum absolute atomic E-state index is 13.6. The van der Waals surface area contributed by atoms with Gasteiger partial charge in [0.1, 0.15) is 0 Å². The van der Waals surface area contributed by atoms with Gasteiger partial charge in [-0.25, -0.2) is 0 Å². The number of phosphoric acid groups is 1. The van der Waals surface area contributed by atoms with Gasteiger partial charge in [0.25, 0.3) is 0 Å². The van der Waals surface area contributed by atoms with Gasteiger partial charge >= 0.3 is 180 Å². The Balaban J connectivity index is 2.52. The zero-order valence-corrected chi connectivity index (χ0v) is 19.6. The fourth-order valence-electron chi connectivity index (χ4n) is 4.07. The molecule has 6 heteroatoms. The van der Waals surface area contributed by atoms with Gasteiger partial charge in [-0.2, -0.15) is 0 Å². The van der Waals surface area contributed by atoms with Crippen molar-refractivity contribution in [2.24, 2.45) is 0 Å². The van der Waals surface area contributed by atoms with Gasteiger partial charge in [0.15, 0.2) is 0 Å². The van der Waals surface area contributed by atoms with E-state index in [1.807, 2.05) is 54.6 Å². The first-order valence-corrected chi connectivity index (χ1v) is 14.0. The Bertz CT molecular complexity index is 870. The fourth-order valence-corrected chi connectivity index (χ4v) is 13.0. The Kier molecular flexibility index (Phi) is 7.29. The molecule has 0 fully saturated rings. The molecule has 0 unspecified atom stereocenters. The molecule has 0 saturated carbocycles. The first-order chi connectivity index (χ1) is 14.5. The van der Waals surface area contributed by atoms with Crippen molar-refractivity contribution in [2.75, 3.05) is 20.4 Å². The van der Waals surface area contributed by atoms with Gasteiger partial charge in [0.2, 0.25) is 0 Å². The Morgan fingerprint density at radius 1 is 0.700 bits per heavy atom. The molecule has 0 N–H and O–H groups in total. The van der Waals surface area contributed by atoms with E-state index >= 15 is 0 Å². The van der Waals surface area contributed by atoms with Crippen LogP contribution in [0.5, 0.6) is 0 Å². The fraction of sp³-hybridized carbons (Fsp3) is 0.250. The summed E-state index contributed by atoms with van der Waals surface area (Å²) in [6.45, 7) is -1.56. The van der Waals surface area contributed by atoms with Crippen LogP contribution in [0.4, 0.5) is 0 Å². The van der Waals surface area contributed by atoms with Gasteiger partial charge in [-0.1, -0.05) is 0 Å². The minimum atomic E-state index is -3.85. The molecule has 30 heavy (non-hydrogen) atoms. The molecule has 0 radical (unpaired) electrons. The van der Waals surface area contributed by atoms with E-state index in [4.69, 9.17) is 13.4 Å². The standard InChI is InChI=1S/C24H30O4P2/c1-4-5-21-30(22-15-9-6-10-16-22,23-17-11-7-12-18-23,24-19-13-8-14-20-24)28-29(25,26-2)27-3/h6-20H,4-5,21H2,1-3H3. The van der Waals surface area contributed by atoms with E-state index in [0.717, 1.165) is 28.8 Å². The molecule has 3 rings (SSSR count). The normalized spacial score (nSPS) is 13.5. The van der Waals surface area contributed by atoms with Crippen LogP contribution in [0.25, 0.3) is 0 Å². The van der Waals surface area contributed by atoms with E-state index in [-0.39, 0.29) is 0 Å². The first kappa shape index (κ1) is 22.9. The van der Waals surface area contributed by atoms with Crippen LogP contribution in [0.3, 0.4) is 0 Å². The summed E-state index contributed by atoms with van der Waals surface area (Å²) >= 11 is 0. The van der Waals surface area contributed by atoms with E-state index in [0.29, 0.717) is 6.16 Å². The van der Waals surface area contributed by atoms with Crippen LogP contribution in [-0.2, 0) is 17.9 Å². The van der Waals surface area contributed by atoms with Gasteiger partial charge in [-0.3, -0.25) is 0 Å². The summed E-state index contributed by atoms with van der Waals surface area (Å²) in [5.41, 5.74) is 0. The van der Waals surface area contributed by atoms with Gasteiger partial charge in [-0.05, 0) is 0 Å². The van der Waals surface area contributed by atoms with Crippen molar-refractivity contribution < 1.29 is 17.9 Å². The third-order valence-corrected chi connectivity index (χ3v) is 14.1. The van der Waals surface area contributed by atoms with Crippen molar-refractivity contribution in [3.05, 3.63) is 91.0 Å². The third kappa shape index (κ3) is 3.91. The number of unbranched alkanes of at least 4 members (excludes halogenated alkanes) is 1. The molecule has 0 aliphatic carbocycles. The summed E-state index contributed by atoms with van der Waals surface area (Å²) in [7, 11) is -1.10. The third-order valence-electron chi connectivity index (χ3n) is 5.57. The van der Waals surface area contributed by atoms with Crippen LogP contribution in [0.1, 0.15) is 19.8 Å².